The van der Waals surface area contributed by atoms with Crippen LogP contribution in [0.15, 0.2) is 64.1 Å². The molecule has 1 unspecified atom stereocenters. The van der Waals surface area contributed by atoms with Crippen molar-refractivity contribution in [2.45, 2.75) is 11.8 Å². The summed E-state index contributed by atoms with van der Waals surface area (Å²) in [5, 5.41) is 7.98. The van der Waals surface area contributed by atoms with E-state index in [0.29, 0.717) is 23.8 Å². The van der Waals surface area contributed by atoms with E-state index in [-0.39, 0.29) is 6.61 Å². The smallest absolute Gasteiger partial charge is 0.442 e. The molecule has 0 aliphatic carbocycles. The van der Waals surface area contributed by atoms with Crippen LogP contribution in [0.4, 0.5) is 10.6 Å². The molecule has 36 heavy (non-hydrogen) atoms. The highest BCUT2D eigenvalue weighted by molar-refractivity contribution is 7.93. The summed E-state index contributed by atoms with van der Waals surface area (Å²) < 4.78 is 27.2. The van der Waals surface area contributed by atoms with Crippen LogP contribution in [0.1, 0.15) is 6.92 Å². The second-order valence-corrected chi connectivity index (χ2v) is 10.5. The van der Waals surface area contributed by atoms with Crippen molar-refractivity contribution in [3.05, 3.63) is 54.9 Å². The number of nitrogens with one attached hydrogen (secondary N) is 1. The predicted octanol–water partition coefficient (Wildman–Crippen LogP) is 4.14. The maximum atomic E-state index is 13.1. The lowest BCUT2D eigenvalue weighted by molar-refractivity contribution is 0.122. The number of nitrogens with zero attached hydrogens (tertiary/aromatic N) is 5. The van der Waals surface area contributed by atoms with Gasteiger partial charge in [-0.1, -0.05) is 12.1 Å². The minimum absolute atomic E-state index is 0.173. The topological polar surface area (TPSA) is 123 Å². The van der Waals surface area contributed by atoms with Crippen molar-refractivity contribution in [3.63, 3.8) is 0 Å². The molecule has 1 N–H and O–H groups in total. The number of carbonyl (C=O) groups excluding carboxylic acids is 1. The number of hydrogen-bond donors (Lipinski definition) is 1. The van der Waals surface area contributed by atoms with Crippen molar-refractivity contribution >= 4 is 32.5 Å². The Labute approximate surface area is 208 Å². The molecule has 3 aromatic heterocycles. The highest BCUT2D eigenvalue weighted by Gasteiger charge is 2.19. The molecule has 186 valence electrons. The average molecular weight is 507 g/mol. The Hall–Kier alpha value is -3.83. The minimum atomic E-state index is -2.94. The van der Waals surface area contributed by atoms with Gasteiger partial charge >= 0.3 is 6.09 Å². The van der Waals surface area contributed by atoms with E-state index in [2.05, 4.69) is 30.5 Å². The number of hydrogen-bond acceptors (Lipinski definition) is 8. The first-order chi connectivity index (χ1) is 17.5. The Morgan fingerprint density at radius 3 is 2.64 bits per heavy atom. The number of carbonyl (C=O) groups is 1. The van der Waals surface area contributed by atoms with Crippen LogP contribution in [0.5, 0.6) is 0 Å². The molecule has 0 bridgehead atoms. The van der Waals surface area contributed by atoms with Crippen LogP contribution in [0.3, 0.4) is 0 Å². The van der Waals surface area contributed by atoms with Gasteiger partial charge in [0.1, 0.15) is 17.0 Å². The summed E-state index contributed by atoms with van der Waals surface area (Å²) in [5.41, 5.74) is 4.11. The van der Waals surface area contributed by atoms with E-state index in [1.54, 1.807) is 31.5 Å². The fourth-order valence-electron chi connectivity index (χ4n) is 4.15. The molecule has 4 heterocycles. The summed E-state index contributed by atoms with van der Waals surface area (Å²) in [4.78, 5) is 24.0. The number of anilines is 1. The normalized spacial score (nSPS) is 15.4. The SMILES string of the molecule is CCOC(=O)N=S(C)(=O)c1ccc(-c2cc(N3CCOCC3)nc3c(-c4ccn[nH]4)nccc23)cc1. The highest BCUT2D eigenvalue weighted by Crippen LogP contribution is 2.35. The predicted molar refractivity (Wildman–Crippen MR) is 137 cm³/mol. The zero-order valence-electron chi connectivity index (χ0n) is 20.0. The second-order valence-electron chi connectivity index (χ2n) is 8.27. The molecule has 0 spiro atoms. The van der Waals surface area contributed by atoms with Gasteiger partial charge in [-0.2, -0.15) is 5.10 Å². The molecule has 1 amide bonds. The Morgan fingerprint density at radius 2 is 1.94 bits per heavy atom. The quantitative estimate of drug-likeness (QED) is 0.429. The van der Waals surface area contributed by atoms with Gasteiger partial charge < -0.3 is 14.4 Å². The summed E-state index contributed by atoms with van der Waals surface area (Å²) in [6.07, 6.45) is 4.04. The maximum absolute atomic E-state index is 13.1. The van der Waals surface area contributed by atoms with Gasteiger partial charge in [0.05, 0.1) is 35.2 Å². The Morgan fingerprint density at radius 1 is 1.17 bits per heavy atom. The zero-order chi connectivity index (χ0) is 25.1. The minimum Gasteiger partial charge on any atom is -0.448 e. The molecule has 1 aliphatic rings. The summed E-state index contributed by atoms with van der Waals surface area (Å²) in [6, 6.07) is 13.1. The molecule has 10 nitrogen and oxygen atoms in total. The van der Waals surface area contributed by atoms with Gasteiger partial charge in [0.2, 0.25) is 0 Å². The van der Waals surface area contributed by atoms with Crippen LogP contribution in [-0.2, 0) is 19.2 Å². The number of aromatic amines is 1. The number of pyridine rings is 2. The van der Waals surface area contributed by atoms with E-state index in [1.807, 2.05) is 24.3 Å². The van der Waals surface area contributed by atoms with Crippen LogP contribution in [0, 0.1) is 0 Å². The molecular formula is C25H26N6O4S. The Kier molecular flexibility index (Phi) is 6.66. The molecule has 0 saturated carbocycles. The number of amides is 1. The molecule has 1 aliphatic heterocycles. The van der Waals surface area contributed by atoms with Crippen molar-refractivity contribution in [3.8, 4) is 22.5 Å². The maximum Gasteiger partial charge on any atom is 0.442 e. The van der Waals surface area contributed by atoms with Crippen LogP contribution in [0.2, 0.25) is 0 Å². The van der Waals surface area contributed by atoms with Gasteiger partial charge in [-0.15, -0.1) is 4.36 Å². The molecule has 5 rings (SSSR count). The van der Waals surface area contributed by atoms with Crippen LogP contribution in [-0.4, -0.2) is 69.6 Å². The summed E-state index contributed by atoms with van der Waals surface area (Å²) >= 11 is 0. The van der Waals surface area contributed by atoms with Gasteiger partial charge in [0, 0.05) is 42.0 Å². The fourth-order valence-corrected chi connectivity index (χ4v) is 5.23. The number of benzene rings is 1. The average Bonchev–Trinajstić information content (AvgIpc) is 3.43. The van der Waals surface area contributed by atoms with Crippen molar-refractivity contribution < 1.29 is 18.5 Å². The molecule has 4 aromatic rings. The standard InChI is InChI=1S/C25H26N6O4S/c1-3-35-25(32)30-36(2,33)18-6-4-17(5-7-18)20-16-22(31-12-14-34-15-13-31)28-23-19(20)8-10-26-24(23)21-9-11-27-29-21/h4-11,16H,3,12-15H2,1-2H3,(H,27,29). The van der Waals surface area contributed by atoms with E-state index in [1.165, 1.54) is 6.26 Å². The Bertz CT molecular complexity index is 1510. The first kappa shape index (κ1) is 23.9. The summed E-state index contributed by atoms with van der Waals surface area (Å²) in [5.74, 6) is 0.829. The summed E-state index contributed by atoms with van der Waals surface area (Å²) in [7, 11) is -2.94. The monoisotopic (exact) mass is 506 g/mol. The van der Waals surface area contributed by atoms with Crippen LogP contribution < -0.4 is 4.90 Å². The molecule has 1 fully saturated rings. The fraction of sp³-hybridized carbons (Fsp3) is 0.280. The molecular weight excluding hydrogens is 480 g/mol. The van der Waals surface area contributed by atoms with E-state index in [0.717, 1.165) is 46.6 Å². The summed E-state index contributed by atoms with van der Waals surface area (Å²) in [6.45, 7) is 4.61. The largest absolute Gasteiger partial charge is 0.448 e. The molecule has 1 saturated heterocycles. The number of H-pyrrole nitrogens is 1. The molecule has 1 aromatic carbocycles. The number of fused-ring (bicyclic) bond motifs is 1. The van der Waals surface area contributed by atoms with Gasteiger partial charge in [-0.3, -0.25) is 10.1 Å². The zero-order valence-corrected chi connectivity index (χ0v) is 20.8. The Balaban J connectivity index is 1.64. The molecule has 0 radical (unpaired) electrons. The van der Waals surface area contributed by atoms with Gasteiger partial charge in [-0.25, -0.2) is 14.0 Å². The number of rotatable bonds is 5. The van der Waals surface area contributed by atoms with E-state index in [4.69, 9.17) is 14.5 Å². The third-order valence-corrected chi connectivity index (χ3v) is 7.57. The lowest BCUT2D eigenvalue weighted by Gasteiger charge is -2.28. The van der Waals surface area contributed by atoms with Crippen molar-refractivity contribution in [2.24, 2.45) is 4.36 Å². The van der Waals surface area contributed by atoms with E-state index in [9.17, 15) is 9.00 Å². The van der Waals surface area contributed by atoms with Crippen molar-refractivity contribution in [1.82, 2.24) is 20.2 Å². The van der Waals surface area contributed by atoms with E-state index < -0.39 is 15.8 Å². The van der Waals surface area contributed by atoms with Gasteiger partial charge in [0.15, 0.2) is 0 Å². The van der Waals surface area contributed by atoms with Gasteiger partial charge in [0.25, 0.3) is 0 Å². The molecule has 11 heteroatoms. The van der Waals surface area contributed by atoms with Gasteiger partial charge in [-0.05, 0) is 48.4 Å². The van der Waals surface area contributed by atoms with Crippen molar-refractivity contribution in [1.29, 1.82) is 0 Å². The van der Waals surface area contributed by atoms with Crippen LogP contribution in [0.25, 0.3) is 33.4 Å². The third-order valence-electron chi connectivity index (χ3n) is 5.92. The highest BCUT2D eigenvalue weighted by atomic mass is 32.2. The number of ether oxygens (including phenoxy) is 2. The third kappa shape index (κ3) is 4.79. The first-order valence-corrected chi connectivity index (χ1v) is 13.5. The lowest BCUT2D eigenvalue weighted by atomic mass is 10.00. The second kappa shape index (κ2) is 10.0. The lowest BCUT2D eigenvalue weighted by Crippen LogP contribution is -2.36. The number of morpholine rings is 1. The van der Waals surface area contributed by atoms with Crippen molar-refractivity contribution in [2.75, 3.05) is 44.1 Å². The first-order valence-electron chi connectivity index (χ1n) is 11.6. The van der Waals surface area contributed by atoms with E-state index >= 15 is 0 Å². The van der Waals surface area contributed by atoms with Crippen LogP contribution >= 0.6 is 0 Å². The number of aromatic nitrogens is 4. The molecule has 1 atom stereocenters.